The Labute approximate surface area is 140 Å². The third kappa shape index (κ3) is 2.63. The van der Waals surface area contributed by atoms with Crippen LogP contribution in [0, 0.1) is 10.1 Å². The predicted molar refractivity (Wildman–Crippen MR) is 87.6 cm³/mol. The van der Waals surface area contributed by atoms with Gasteiger partial charge < -0.3 is 4.74 Å². The predicted octanol–water partition coefficient (Wildman–Crippen LogP) is 2.91. The minimum atomic E-state index is -0.574. The average molecular weight is 334 g/mol. The van der Waals surface area contributed by atoms with Gasteiger partial charge in [-0.25, -0.2) is 9.97 Å². The average Bonchev–Trinajstić information content (AvgIpc) is 3.06. The van der Waals surface area contributed by atoms with E-state index >= 15 is 0 Å². The van der Waals surface area contributed by atoms with Crippen molar-refractivity contribution in [2.75, 3.05) is 0 Å². The van der Waals surface area contributed by atoms with Crippen LogP contribution in [0.1, 0.15) is 0 Å². The van der Waals surface area contributed by atoms with Gasteiger partial charge in [0.1, 0.15) is 18.4 Å². The van der Waals surface area contributed by atoms with E-state index in [2.05, 4.69) is 19.9 Å². The third-order valence-corrected chi connectivity index (χ3v) is 3.48. The zero-order valence-electron chi connectivity index (χ0n) is 12.7. The minimum Gasteiger partial charge on any atom is -0.432 e. The van der Waals surface area contributed by atoms with Crippen LogP contribution in [0.15, 0.2) is 61.4 Å². The number of para-hydroxylation sites is 2. The first-order chi connectivity index (χ1) is 12.2. The highest BCUT2D eigenvalue weighted by Crippen LogP contribution is 2.33. The van der Waals surface area contributed by atoms with Gasteiger partial charge in [0.05, 0.1) is 22.2 Å². The van der Waals surface area contributed by atoms with E-state index in [9.17, 15) is 10.1 Å². The quantitative estimate of drug-likeness (QED) is 0.417. The molecule has 0 aliphatic heterocycles. The highest BCUT2D eigenvalue weighted by atomic mass is 16.6. The molecular formula is C16H10N6O3. The van der Waals surface area contributed by atoms with Gasteiger partial charge in [0.2, 0.25) is 5.82 Å². The lowest BCUT2D eigenvalue weighted by Crippen LogP contribution is -2.05. The second-order valence-electron chi connectivity index (χ2n) is 5.00. The zero-order chi connectivity index (χ0) is 17.2. The summed E-state index contributed by atoms with van der Waals surface area (Å²) in [4.78, 5) is 27.2. The molecule has 0 aliphatic carbocycles. The first kappa shape index (κ1) is 14.7. The number of nitro groups is 1. The van der Waals surface area contributed by atoms with Crippen LogP contribution < -0.4 is 4.74 Å². The van der Waals surface area contributed by atoms with Crippen molar-refractivity contribution >= 4 is 16.7 Å². The van der Waals surface area contributed by atoms with Crippen molar-refractivity contribution < 1.29 is 9.66 Å². The number of pyridine rings is 1. The van der Waals surface area contributed by atoms with Crippen LogP contribution in [-0.2, 0) is 0 Å². The summed E-state index contributed by atoms with van der Waals surface area (Å²) in [6.07, 6.45) is 5.71. The summed E-state index contributed by atoms with van der Waals surface area (Å²) >= 11 is 0. The van der Waals surface area contributed by atoms with Gasteiger partial charge in [-0.15, -0.1) is 0 Å². The second kappa shape index (κ2) is 5.96. The van der Waals surface area contributed by atoms with Crippen LogP contribution in [0.25, 0.3) is 16.9 Å². The molecule has 4 aromatic rings. The molecule has 0 atom stereocenters. The monoisotopic (exact) mass is 334 g/mol. The smallest absolute Gasteiger partial charge is 0.374 e. The molecular weight excluding hydrogens is 324 g/mol. The van der Waals surface area contributed by atoms with Gasteiger partial charge in [-0.3, -0.25) is 19.7 Å². The molecule has 0 N–H and O–H groups in total. The summed E-state index contributed by atoms with van der Waals surface area (Å²) in [5.74, 6) is 0.249. The van der Waals surface area contributed by atoms with Crippen molar-refractivity contribution in [2.45, 2.75) is 0 Å². The van der Waals surface area contributed by atoms with Crippen molar-refractivity contribution in [1.29, 1.82) is 0 Å². The number of aromatic nitrogens is 5. The van der Waals surface area contributed by atoms with Crippen molar-refractivity contribution in [3.63, 3.8) is 0 Å². The lowest BCUT2D eigenvalue weighted by Gasteiger charge is -2.08. The van der Waals surface area contributed by atoms with E-state index in [1.807, 2.05) is 18.2 Å². The van der Waals surface area contributed by atoms with E-state index in [4.69, 9.17) is 4.74 Å². The first-order valence-corrected chi connectivity index (χ1v) is 7.24. The molecule has 1 aromatic carbocycles. The molecule has 0 saturated carbocycles. The van der Waals surface area contributed by atoms with Gasteiger partial charge in [0.15, 0.2) is 0 Å². The Morgan fingerprint density at radius 1 is 1.08 bits per heavy atom. The van der Waals surface area contributed by atoms with E-state index in [1.165, 1.54) is 23.4 Å². The summed E-state index contributed by atoms with van der Waals surface area (Å²) in [6.45, 7) is 0. The van der Waals surface area contributed by atoms with Gasteiger partial charge >= 0.3 is 11.6 Å². The maximum Gasteiger partial charge on any atom is 0.374 e. The number of hydrogen-bond acceptors (Lipinski definition) is 7. The van der Waals surface area contributed by atoms with Gasteiger partial charge in [0.25, 0.3) is 0 Å². The fourth-order valence-electron chi connectivity index (χ4n) is 2.41. The van der Waals surface area contributed by atoms with Crippen molar-refractivity contribution in [2.24, 2.45) is 0 Å². The fourth-order valence-corrected chi connectivity index (χ4v) is 2.41. The number of hydrogen-bond donors (Lipinski definition) is 0. The maximum atomic E-state index is 11.7. The molecule has 0 aliphatic rings. The largest absolute Gasteiger partial charge is 0.432 e. The SMILES string of the molecule is O=[N+]([O-])c1c(Oc2cccnc2)ncnc1-n1cnc2ccccc21. The number of nitrogens with zero attached hydrogens (tertiary/aromatic N) is 6. The molecule has 3 aromatic heterocycles. The van der Waals surface area contributed by atoms with Crippen LogP contribution in [0.3, 0.4) is 0 Å². The highest BCUT2D eigenvalue weighted by Gasteiger charge is 2.27. The lowest BCUT2D eigenvalue weighted by atomic mass is 10.3. The van der Waals surface area contributed by atoms with Gasteiger partial charge in [-0.05, 0) is 24.3 Å². The minimum absolute atomic E-state index is 0.0765. The number of ether oxygens (including phenoxy) is 1. The summed E-state index contributed by atoms with van der Waals surface area (Å²) in [7, 11) is 0. The topological polar surface area (TPSA) is 109 Å². The second-order valence-corrected chi connectivity index (χ2v) is 5.00. The van der Waals surface area contributed by atoms with Crippen LogP contribution in [0.4, 0.5) is 5.69 Å². The van der Waals surface area contributed by atoms with Crippen molar-refractivity contribution in [3.8, 4) is 17.4 Å². The summed E-state index contributed by atoms with van der Waals surface area (Å²) in [5.41, 5.74) is 1.04. The zero-order valence-corrected chi connectivity index (χ0v) is 12.7. The third-order valence-electron chi connectivity index (χ3n) is 3.48. The van der Waals surface area contributed by atoms with Crippen molar-refractivity contribution in [1.82, 2.24) is 24.5 Å². The van der Waals surface area contributed by atoms with E-state index in [0.717, 1.165) is 0 Å². The van der Waals surface area contributed by atoms with Gasteiger partial charge in [-0.2, -0.15) is 4.98 Å². The van der Waals surface area contributed by atoms with Crippen LogP contribution >= 0.6 is 0 Å². The maximum absolute atomic E-state index is 11.7. The molecule has 122 valence electrons. The highest BCUT2D eigenvalue weighted by molar-refractivity contribution is 5.78. The molecule has 0 fully saturated rings. The van der Waals surface area contributed by atoms with Gasteiger partial charge in [0, 0.05) is 6.20 Å². The molecule has 0 unspecified atom stereocenters. The molecule has 25 heavy (non-hydrogen) atoms. The standard InChI is InChI=1S/C16H10N6O3/c23-22(24)14-15(21-10-20-12-5-1-2-6-13(12)21)18-9-19-16(14)25-11-4-3-7-17-8-11/h1-10H. The number of fused-ring (bicyclic) bond motifs is 1. The Bertz CT molecular complexity index is 1060. The van der Waals surface area contributed by atoms with Crippen LogP contribution in [0.5, 0.6) is 11.6 Å². The Kier molecular flexibility index (Phi) is 3.51. The van der Waals surface area contributed by atoms with Crippen LogP contribution in [0.2, 0.25) is 0 Å². The number of benzene rings is 1. The molecule has 0 amide bonds. The molecule has 0 saturated heterocycles. The van der Waals surface area contributed by atoms with Crippen molar-refractivity contribution in [3.05, 3.63) is 71.6 Å². The van der Waals surface area contributed by atoms with E-state index in [1.54, 1.807) is 24.4 Å². The molecule has 9 nitrogen and oxygen atoms in total. The lowest BCUT2D eigenvalue weighted by molar-refractivity contribution is -0.386. The molecule has 9 heteroatoms. The Morgan fingerprint density at radius 2 is 1.96 bits per heavy atom. The van der Waals surface area contributed by atoms with E-state index in [0.29, 0.717) is 16.8 Å². The Hall–Kier alpha value is -3.88. The summed E-state index contributed by atoms with van der Waals surface area (Å²) in [5, 5.41) is 11.7. The van der Waals surface area contributed by atoms with Gasteiger partial charge in [-0.1, -0.05) is 12.1 Å². The number of imidazole rings is 1. The molecule has 3 heterocycles. The van der Waals surface area contributed by atoms with E-state index < -0.39 is 4.92 Å². The van der Waals surface area contributed by atoms with E-state index in [-0.39, 0.29) is 17.4 Å². The Balaban J connectivity index is 1.89. The molecule has 0 bridgehead atoms. The number of rotatable bonds is 4. The summed E-state index contributed by atoms with van der Waals surface area (Å²) < 4.78 is 7.07. The normalized spacial score (nSPS) is 10.7. The molecule has 4 rings (SSSR count). The summed E-state index contributed by atoms with van der Waals surface area (Å²) in [6, 6.07) is 10.6. The Morgan fingerprint density at radius 3 is 2.76 bits per heavy atom. The molecule has 0 radical (unpaired) electrons. The molecule has 0 spiro atoms. The first-order valence-electron chi connectivity index (χ1n) is 7.24. The fraction of sp³-hybridized carbons (Fsp3) is 0. The van der Waals surface area contributed by atoms with Crippen LogP contribution in [-0.4, -0.2) is 29.4 Å².